The van der Waals surface area contributed by atoms with E-state index in [1.54, 1.807) is 0 Å². The van der Waals surface area contributed by atoms with Gasteiger partial charge in [0, 0.05) is 7.59 Å². The molecule has 1 nitrogen and oxygen atoms in total. The van der Waals surface area contributed by atoms with Gasteiger partial charge < -0.3 is 5.48 Å². The highest BCUT2D eigenvalue weighted by Gasteiger charge is 1.99. The second kappa shape index (κ2) is 2.55. The third-order valence-corrected chi connectivity index (χ3v) is 0. The molecule has 0 atom stereocenters. The molecule has 6 heavy (non-hydrogen) atoms. The van der Waals surface area contributed by atoms with Crippen molar-refractivity contribution in [1.29, 1.82) is 0 Å². The van der Waals surface area contributed by atoms with Gasteiger partial charge in [-0.15, -0.1) is 0 Å². The van der Waals surface area contributed by atoms with Crippen molar-refractivity contribution in [2.24, 2.45) is 0 Å². The summed E-state index contributed by atoms with van der Waals surface area (Å²) in [6, 6.07) is 0. The van der Waals surface area contributed by atoms with Crippen LogP contribution in [-0.2, 0) is 0 Å². The van der Waals surface area contributed by atoms with Crippen molar-refractivity contribution in [1.82, 2.24) is 0 Å². The van der Waals surface area contributed by atoms with Crippen molar-refractivity contribution in [3.8, 4) is 0 Å². The van der Waals surface area contributed by atoms with Crippen LogP contribution in [-0.4, -0.2) is 22.8 Å². The maximum absolute atomic E-state index is 2.39. The molecule has 0 rings (SSSR count). The highest BCUT2D eigenvalue weighted by Crippen LogP contribution is 1.87. The average molecular weight is 122 g/mol. The second-order valence-corrected chi connectivity index (χ2v) is 18.0. The van der Waals surface area contributed by atoms with Crippen molar-refractivity contribution >= 4 is 17.4 Å². The maximum Gasteiger partial charge on any atom is 0.0271 e. The van der Waals surface area contributed by atoms with Crippen LogP contribution >= 0.6 is 0 Å². The summed E-state index contributed by atoms with van der Waals surface area (Å²) in [4.78, 5) is 0. The maximum atomic E-state index is 2.39. The molecule has 0 aromatic heterocycles. The van der Waals surface area contributed by atoms with E-state index in [1.165, 1.54) is 9.76 Å². The van der Waals surface area contributed by atoms with E-state index in [9.17, 15) is 0 Å². The van der Waals surface area contributed by atoms with Gasteiger partial charge in [-0.3, -0.25) is 0 Å². The molecule has 0 saturated carbocycles. The predicted molar refractivity (Wildman–Crippen MR) is 36.9 cm³/mol. The summed E-state index contributed by atoms with van der Waals surface area (Å²) in [7, 11) is 0.975. The molecule has 0 amide bonds. The third kappa shape index (κ3) is 326. The van der Waals surface area contributed by atoms with Crippen LogP contribution in [0.4, 0.5) is 0 Å². The molecule has 0 heterocycles. The number of hydrogen-bond donors (Lipinski definition) is 0. The van der Waals surface area contributed by atoms with Gasteiger partial charge in [0.05, 0.1) is 0 Å². The summed E-state index contributed by atoms with van der Waals surface area (Å²) in [6.07, 6.45) is 0. The van der Waals surface area contributed by atoms with E-state index in [2.05, 4.69) is 19.6 Å². The average Bonchev–Trinajstić information content (AvgIpc) is 0.722. The third-order valence-electron chi connectivity index (χ3n) is 0. The summed E-state index contributed by atoms with van der Waals surface area (Å²) in [6.45, 7) is 7.16. The summed E-state index contributed by atoms with van der Waals surface area (Å²) < 4.78 is 0. The Hall–Kier alpha value is 0.394. The molecule has 0 fully saturated rings. The normalized spacial score (nSPS) is 10.5. The summed E-state index contributed by atoms with van der Waals surface area (Å²) >= 11 is 0. The first-order chi connectivity index (χ1) is 2.00. The Morgan fingerprint density at radius 3 is 1.17 bits per heavy atom. The largest absolute Gasteiger partial charge is 0.412 e. The minimum Gasteiger partial charge on any atom is -0.412 e. The molecule has 0 unspecified atom stereocenters. The lowest BCUT2D eigenvalue weighted by molar-refractivity contribution is 0.824. The van der Waals surface area contributed by atoms with Gasteiger partial charge >= 0.3 is 0 Å². The van der Waals surface area contributed by atoms with E-state index < -0.39 is 7.59 Å². The Labute approximate surface area is 43.3 Å². The van der Waals surface area contributed by atoms with Crippen molar-refractivity contribution in [3.05, 3.63) is 0 Å². The van der Waals surface area contributed by atoms with Gasteiger partial charge in [-0.1, -0.05) is 19.6 Å². The zero-order chi connectivity index (χ0) is 4.50. The van der Waals surface area contributed by atoms with Gasteiger partial charge in [-0.05, 0) is 9.76 Å². The van der Waals surface area contributed by atoms with Crippen LogP contribution < -0.4 is 0 Å². The molecule has 0 aliphatic heterocycles. The molecule has 2 N–H and O–H groups in total. The molecular formula is C3H14OSi2. The zero-order valence-corrected chi connectivity index (χ0v) is 8.00. The summed E-state index contributed by atoms with van der Waals surface area (Å²) in [5.41, 5.74) is 0. The van der Waals surface area contributed by atoms with Crippen LogP contribution in [0.2, 0.25) is 19.6 Å². The van der Waals surface area contributed by atoms with E-state index in [1.807, 2.05) is 0 Å². The molecule has 0 radical (unpaired) electrons. The standard InChI is InChI=1S/C3H12Si2.H2O/c1-5(2,3)4;/h1-4H3;1H2. The lowest BCUT2D eigenvalue weighted by Gasteiger charge is -2.01. The van der Waals surface area contributed by atoms with Gasteiger partial charge in [0.1, 0.15) is 0 Å². The van der Waals surface area contributed by atoms with Crippen LogP contribution in [0.25, 0.3) is 0 Å². The van der Waals surface area contributed by atoms with Crippen LogP contribution in [0.15, 0.2) is 0 Å². The van der Waals surface area contributed by atoms with Crippen LogP contribution in [0.1, 0.15) is 0 Å². The van der Waals surface area contributed by atoms with Crippen molar-refractivity contribution in [2.75, 3.05) is 0 Å². The minimum absolute atomic E-state index is 0. The topological polar surface area (TPSA) is 31.5 Å². The number of rotatable bonds is 0. The molecular weight excluding hydrogens is 108 g/mol. The summed E-state index contributed by atoms with van der Waals surface area (Å²) in [5, 5.41) is 0. The van der Waals surface area contributed by atoms with E-state index in [4.69, 9.17) is 0 Å². The first-order valence-corrected chi connectivity index (χ1v) is 9.00. The Morgan fingerprint density at radius 2 is 1.17 bits per heavy atom. The highest BCUT2D eigenvalue weighted by molar-refractivity contribution is 7.15. The fourth-order valence-corrected chi connectivity index (χ4v) is 0. The van der Waals surface area contributed by atoms with Gasteiger partial charge in [0.15, 0.2) is 0 Å². The Balaban J connectivity index is 0. The minimum atomic E-state index is -0.472. The van der Waals surface area contributed by atoms with E-state index >= 15 is 0 Å². The molecule has 0 aromatic carbocycles. The zero-order valence-electron chi connectivity index (χ0n) is 5.00. The molecule has 3 heteroatoms. The number of hydrogen-bond acceptors (Lipinski definition) is 0. The fraction of sp³-hybridized carbons (Fsp3) is 1.00. The predicted octanol–water partition coefficient (Wildman–Crippen LogP) is -0.638. The molecule has 0 saturated heterocycles. The lowest BCUT2D eigenvalue weighted by atomic mass is 11.8. The Kier molecular flexibility index (Phi) is 4.09. The van der Waals surface area contributed by atoms with Crippen molar-refractivity contribution in [3.63, 3.8) is 0 Å². The highest BCUT2D eigenvalue weighted by atomic mass is 29.2. The van der Waals surface area contributed by atoms with Crippen LogP contribution in [0.5, 0.6) is 0 Å². The monoisotopic (exact) mass is 122 g/mol. The van der Waals surface area contributed by atoms with E-state index in [0.717, 1.165) is 0 Å². The van der Waals surface area contributed by atoms with E-state index in [-0.39, 0.29) is 5.48 Å². The SMILES string of the molecule is C[Si](C)(C)[SiH3].O. The molecule has 0 spiro atoms. The van der Waals surface area contributed by atoms with Gasteiger partial charge in [-0.25, -0.2) is 0 Å². The molecule has 40 valence electrons. The van der Waals surface area contributed by atoms with Gasteiger partial charge in [0.2, 0.25) is 0 Å². The first-order valence-electron chi connectivity index (χ1n) is 2.00. The smallest absolute Gasteiger partial charge is 0.0271 e. The van der Waals surface area contributed by atoms with E-state index in [0.29, 0.717) is 0 Å². The van der Waals surface area contributed by atoms with Crippen LogP contribution in [0, 0.1) is 0 Å². The quantitative estimate of drug-likeness (QED) is 0.383. The van der Waals surface area contributed by atoms with Gasteiger partial charge in [-0.2, -0.15) is 0 Å². The fourth-order valence-electron chi connectivity index (χ4n) is 0. The molecule has 0 aliphatic rings. The molecule has 0 bridgehead atoms. The Morgan fingerprint density at radius 1 is 1.17 bits per heavy atom. The second-order valence-electron chi connectivity index (χ2n) is 3.00. The van der Waals surface area contributed by atoms with Crippen LogP contribution in [0.3, 0.4) is 0 Å². The summed E-state index contributed by atoms with van der Waals surface area (Å²) in [5.74, 6) is 0. The first kappa shape index (κ1) is 9.64. The lowest BCUT2D eigenvalue weighted by Crippen LogP contribution is -2.18. The van der Waals surface area contributed by atoms with Crippen molar-refractivity contribution < 1.29 is 5.48 Å². The molecule has 0 aliphatic carbocycles. The Bertz CT molecular complexity index is 24.3. The molecule has 0 aromatic rings. The van der Waals surface area contributed by atoms with Gasteiger partial charge in [0.25, 0.3) is 0 Å². The van der Waals surface area contributed by atoms with Crippen molar-refractivity contribution in [2.45, 2.75) is 19.6 Å².